The van der Waals surface area contributed by atoms with Crippen LogP contribution < -0.4 is 10.8 Å². The van der Waals surface area contributed by atoms with Gasteiger partial charge in [-0.25, -0.2) is 4.39 Å². The second kappa shape index (κ2) is 5.99. The summed E-state index contributed by atoms with van der Waals surface area (Å²) in [6, 6.07) is 2.54. The summed E-state index contributed by atoms with van der Waals surface area (Å²) in [5.74, 6) is -1.23. The fraction of sp³-hybridized carbons (Fsp3) is 0.533. The summed E-state index contributed by atoms with van der Waals surface area (Å²) in [5.41, 5.74) is -0.0675. The second-order valence-corrected chi connectivity index (χ2v) is 6.16. The van der Waals surface area contributed by atoms with E-state index < -0.39 is 24.4 Å². The molecule has 1 fully saturated rings. The second-order valence-electron chi connectivity index (χ2n) is 6.16. The van der Waals surface area contributed by atoms with Gasteiger partial charge in [-0.1, -0.05) is 19.3 Å². The van der Waals surface area contributed by atoms with Crippen LogP contribution in [0.4, 0.5) is 4.39 Å². The first-order valence-electron chi connectivity index (χ1n) is 7.61. The minimum atomic E-state index is -1.12. The van der Waals surface area contributed by atoms with Gasteiger partial charge < -0.3 is 20.1 Å². The van der Waals surface area contributed by atoms with Gasteiger partial charge in [-0.15, -0.1) is 0 Å². The summed E-state index contributed by atoms with van der Waals surface area (Å²) in [4.78, 5) is 12.2. The summed E-state index contributed by atoms with van der Waals surface area (Å²) >= 11 is 0. The van der Waals surface area contributed by atoms with Crippen molar-refractivity contribution in [3.05, 3.63) is 29.1 Å². The molecule has 3 N–H and O–H groups in total. The van der Waals surface area contributed by atoms with Gasteiger partial charge in [0.15, 0.2) is 0 Å². The Morgan fingerprint density at radius 3 is 2.82 bits per heavy atom. The smallest absolute Gasteiger partial charge is 0.423 e. The highest BCUT2D eigenvalue weighted by atomic mass is 19.1. The summed E-state index contributed by atoms with van der Waals surface area (Å²) in [7, 11) is -1.12. The van der Waals surface area contributed by atoms with E-state index in [2.05, 4.69) is 5.32 Å². The van der Waals surface area contributed by atoms with Crippen molar-refractivity contribution in [1.29, 1.82) is 0 Å². The van der Waals surface area contributed by atoms with Crippen molar-refractivity contribution in [3.8, 4) is 0 Å². The number of carbonyl (C=O) groups is 1. The van der Waals surface area contributed by atoms with E-state index in [1.54, 1.807) is 0 Å². The first kappa shape index (κ1) is 15.5. The molecular weight excluding hydrogens is 288 g/mol. The molecule has 0 radical (unpaired) electrons. The lowest BCUT2D eigenvalue weighted by Crippen LogP contribution is -2.44. The van der Waals surface area contributed by atoms with Crippen molar-refractivity contribution in [2.75, 3.05) is 6.54 Å². The zero-order chi connectivity index (χ0) is 15.7. The molecule has 1 saturated carbocycles. The van der Waals surface area contributed by atoms with E-state index in [0.29, 0.717) is 23.9 Å². The Kier molecular flexibility index (Phi) is 4.21. The summed E-state index contributed by atoms with van der Waals surface area (Å²) in [6.45, 7) is 0.247. The molecule has 1 aromatic rings. The number of benzene rings is 1. The lowest BCUT2D eigenvalue weighted by atomic mass is 9.78. The molecule has 1 heterocycles. The minimum Gasteiger partial charge on any atom is -0.423 e. The highest BCUT2D eigenvalue weighted by Gasteiger charge is 2.32. The number of hydrogen-bond donors (Lipinski definition) is 3. The third-order valence-corrected chi connectivity index (χ3v) is 4.50. The van der Waals surface area contributed by atoms with Crippen LogP contribution in [0, 0.1) is 5.82 Å². The molecular formula is C15H19BFNO4. The van der Waals surface area contributed by atoms with E-state index in [0.717, 1.165) is 19.3 Å². The molecule has 1 aliphatic heterocycles. The molecule has 0 atom stereocenters. The van der Waals surface area contributed by atoms with Gasteiger partial charge in [0, 0.05) is 6.54 Å². The lowest BCUT2D eigenvalue weighted by molar-refractivity contribution is 0.00521. The van der Waals surface area contributed by atoms with Crippen molar-refractivity contribution in [3.63, 3.8) is 0 Å². The van der Waals surface area contributed by atoms with Crippen molar-refractivity contribution in [2.24, 2.45) is 0 Å². The van der Waals surface area contributed by atoms with Gasteiger partial charge in [0.25, 0.3) is 5.91 Å². The zero-order valence-corrected chi connectivity index (χ0v) is 12.3. The lowest BCUT2D eigenvalue weighted by Gasteiger charge is -2.32. The van der Waals surface area contributed by atoms with Crippen molar-refractivity contribution < 1.29 is 24.0 Å². The Bertz CT molecular complexity index is 589. The molecule has 0 aromatic heterocycles. The number of nitrogens with one attached hydrogen (secondary N) is 1. The fourth-order valence-corrected chi connectivity index (χ4v) is 3.15. The maximum Gasteiger partial charge on any atom is 0.491 e. The molecule has 118 valence electrons. The van der Waals surface area contributed by atoms with Crippen LogP contribution in [0.5, 0.6) is 0 Å². The Labute approximate surface area is 128 Å². The van der Waals surface area contributed by atoms with E-state index >= 15 is 0 Å². The molecule has 1 amide bonds. The van der Waals surface area contributed by atoms with Crippen LogP contribution in [0.3, 0.4) is 0 Å². The topological polar surface area (TPSA) is 78.8 Å². The SMILES string of the molecule is O=C(NCC1(O)CCCCC1)c1cc2c(cc1F)COB2O. The first-order chi connectivity index (χ1) is 10.5. The Morgan fingerprint density at radius 2 is 2.09 bits per heavy atom. The van der Waals surface area contributed by atoms with Crippen LogP contribution in [-0.2, 0) is 11.3 Å². The largest absolute Gasteiger partial charge is 0.491 e. The fourth-order valence-electron chi connectivity index (χ4n) is 3.15. The maximum atomic E-state index is 14.0. The van der Waals surface area contributed by atoms with E-state index in [1.165, 1.54) is 12.1 Å². The van der Waals surface area contributed by atoms with Gasteiger partial charge in [-0.3, -0.25) is 4.79 Å². The quantitative estimate of drug-likeness (QED) is 0.709. The molecule has 7 heteroatoms. The molecule has 2 aliphatic rings. The van der Waals surface area contributed by atoms with Gasteiger partial charge in [0.05, 0.1) is 17.8 Å². The Balaban J connectivity index is 1.71. The van der Waals surface area contributed by atoms with Crippen molar-refractivity contribution >= 4 is 18.5 Å². The number of aliphatic hydroxyl groups is 1. The highest BCUT2D eigenvalue weighted by molar-refractivity contribution is 6.61. The van der Waals surface area contributed by atoms with Gasteiger partial charge >= 0.3 is 7.12 Å². The van der Waals surface area contributed by atoms with Gasteiger partial charge in [0.1, 0.15) is 5.82 Å². The number of amides is 1. The third kappa shape index (κ3) is 3.02. The van der Waals surface area contributed by atoms with E-state index in [1.807, 2.05) is 0 Å². The van der Waals surface area contributed by atoms with E-state index in [9.17, 15) is 19.3 Å². The van der Waals surface area contributed by atoms with Crippen molar-refractivity contribution in [1.82, 2.24) is 5.32 Å². The molecule has 5 nitrogen and oxygen atoms in total. The van der Waals surface area contributed by atoms with E-state index in [4.69, 9.17) is 4.65 Å². The number of hydrogen-bond acceptors (Lipinski definition) is 4. The predicted molar refractivity (Wildman–Crippen MR) is 79.2 cm³/mol. The standard InChI is InChI=1S/C15H19BFNO4/c17-13-6-10-8-22-16(21)12(10)7-11(13)14(19)18-9-15(20)4-2-1-3-5-15/h6-7,20-21H,1-5,8-9H2,(H,18,19). The number of halogens is 1. The first-order valence-corrected chi connectivity index (χ1v) is 7.61. The Hall–Kier alpha value is -1.44. The monoisotopic (exact) mass is 307 g/mol. The number of fused-ring (bicyclic) bond motifs is 1. The average molecular weight is 307 g/mol. The molecule has 1 aromatic carbocycles. The summed E-state index contributed by atoms with van der Waals surface area (Å²) in [5, 5.41) is 22.6. The van der Waals surface area contributed by atoms with Gasteiger partial charge in [-0.05, 0) is 36.0 Å². The van der Waals surface area contributed by atoms with Crippen LogP contribution in [0.1, 0.15) is 48.0 Å². The number of rotatable bonds is 3. The predicted octanol–water partition coefficient (Wildman–Crippen LogP) is 0.468. The molecule has 0 unspecified atom stereocenters. The highest BCUT2D eigenvalue weighted by Crippen LogP contribution is 2.27. The van der Waals surface area contributed by atoms with Crippen LogP contribution in [0.25, 0.3) is 0 Å². The molecule has 0 spiro atoms. The van der Waals surface area contributed by atoms with Crippen LogP contribution >= 0.6 is 0 Å². The molecule has 3 rings (SSSR count). The Morgan fingerprint density at radius 1 is 1.36 bits per heavy atom. The summed E-state index contributed by atoms with van der Waals surface area (Å²) < 4.78 is 19.0. The summed E-state index contributed by atoms with van der Waals surface area (Å²) in [6.07, 6.45) is 4.25. The molecule has 22 heavy (non-hydrogen) atoms. The number of carbonyl (C=O) groups excluding carboxylic acids is 1. The normalized spacial score (nSPS) is 19.9. The average Bonchev–Trinajstić information content (AvgIpc) is 2.85. The van der Waals surface area contributed by atoms with Crippen molar-refractivity contribution in [2.45, 2.75) is 44.3 Å². The van der Waals surface area contributed by atoms with Gasteiger partial charge in [0.2, 0.25) is 0 Å². The maximum absolute atomic E-state index is 14.0. The van der Waals surface area contributed by atoms with Gasteiger partial charge in [-0.2, -0.15) is 0 Å². The van der Waals surface area contributed by atoms with E-state index in [-0.39, 0.29) is 18.7 Å². The van der Waals surface area contributed by atoms with Crippen LogP contribution in [0.15, 0.2) is 12.1 Å². The molecule has 1 aliphatic carbocycles. The zero-order valence-electron chi connectivity index (χ0n) is 12.3. The molecule has 0 saturated heterocycles. The minimum absolute atomic E-state index is 0.113. The van der Waals surface area contributed by atoms with Crippen LogP contribution in [-0.4, -0.2) is 35.3 Å². The molecule has 0 bridgehead atoms. The van der Waals surface area contributed by atoms with Crippen LogP contribution in [0.2, 0.25) is 0 Å². The third-order valence-electron chi connectivity index (χ3n) is 4.50.